The number of para-hydroxylation sites is 2. The molecule has 7 heteroatoms. The molecule has 0 aliphatic heterocycles. The Labute approximate surface area is 148 Å². The Hall–Kier alpha value is -3.74. The van der Waals surface area contributed by atoms with Crippen molar-refractivity contribution in [1.82, 2.24) is 19.3 Å². The van der Waals surface area contributed by atoms with Crippen molar-refractivity contribution in [2.45, 2.75) is 0 Å². The molecule has 0 saturated carbocycles. The molecule has 0 aliphatic carbocycles. The summed E-state index contributed by atoms with van der Waals surface area (Å²) in [5.74, 6) is -0.420. The fourth-order valence-electron chi connectivity index (χ4n) is 2.71. The predicted octanol–water partition coefficient (Wildman–Crippen LogP) is 2.37. The third-order valence-corrected chi connectivity index (χ3v) is 3.99. The van der Waals surface area contributed by atoms with Crippen LogP contribution in [0.4, 0.5) is 5.69 Å². The van der Waals surface area contributed by atoms with Crippen LogP contribution in [0.3, 0.4) is 0 Å². The van der Waals surface area contributed by atoms with Gasteiger partial charge in [0.15, 0.2) is 11.2 Å². The van der Waals surface area contributed by atoms with Crippen molar-refractivity contribution in [2.75, 3.05) is 5.32 Å². The first-order chi connectivity index (χ1) is 12.6. The number of hydrogen-bond donors (Lipinski definition) is 1. The molecule has 0 radical (unpaired) electrons. The van der Waals surface area contributed by atoms with Crippen LogP contribution in [-0.2, 0) is 7.05 Å². The number of nitrogens with one attached hydrogen (secondary N) is 1. The van der Waals surface area contributed by atoms with E-state index >= 15 is 0 Å². The predicted molar refractivity (Wildman–Crippen MR) is 98.5 cm³/mol. The van der Waals surface area contributed by atoms with Gasteiger partial charge in [0.1, 0.15) is 5.52 Å². The molecular formula is C19H15N5O2. The Balaban J connectivity index is 1.90. The Kier molecular flexibility index (Phi) is 3.81. The SMILES string of the molecule is Cn1cnc2c(C(=O)Nc3ccccc3)nn(-c3ccccc3)c2c1=O. The molecule has 2 aromatic heterocycles. The van der Waals surface area contributed by atoms with Crippen molar-refractivity contribution in [2.24, 2.45) is 7.05 Å². The third-order valence-electron chi connectivity index (χ3n) is 3.99. The maximum atomic E-state index is 12.7. The van der Waals surface area contributed by atoms with Gasteiger partial charge in [0, 0.05) is 12.7 Å². The van der Waals surface area contributed by atoms with Crippen LogP contribution in [0.15, 0.2) is 71.8 Å². The zero-order chi connectivity index (χ0) is 18.1. The smallest absolute Gasteiger partial charge is 0.279 e. The van der Waals surface area contributed by atoms with Gasteiger partial charge in [-0.15, -0.1) is 0 Å². The number of anilines is 1. The van der Waals surface area contributed by atoms with Gasteiger partial charge >= 0.3 is 0 Å². The van der Waals surface area contributed by atoms with E-state index in [4.69, 9.17) is 0 Å². The molecule has 1 N–H and O–H groups in total. The van der Waals surface area contributed by atoms with Crippen LogP contribution in [0.25, 0.3) is 16.7 Å². The van der Waals surface area contributed by atoms with E-state index in [9.17, 15) is 9.59 Å². The Morgan fingerprint density at radius 3 is 2.35 bits per heavy atom. The maximum absolute atomic E-state index is 12.7. The van der Waals surface area contributed by atoms with Crippen LogP contribution in [0, 0.1) is 0 Å². The number of amides is 1. The molecule has 0 fully saturated rings. The van der Waals surface area contributed by atoms with E-state index in [-0.39, 0.29) is 22.3 Å². The minimum Gasteiger partial charge on any atom is -0.321 e. The zero-order valence-corrected chi connectivity index (χ0v) is 14.0. The van der Waals surface area contributed by atoms with Crippen LogP contribution in [0.2, 0.25) is 0 Å². The molecule has 0 bridgehead atoms. The summed E-state index contributed by atoms with van der Waals surface area (Å²) < 4.78 is 2.83. The second kappa shape index (κ2) is 6.29. The lowest BCUT2D eigenvalue weighted by Crippen LogP contribution is -2.19. The first-order valence-corrected chi connectivity index (χ1v) is 8.01. The van der Waals surface area contributed by atoms with Crippen LogP contribution in [-0.4, -0.2) is 25.2 Å². The summed E-state index contributed by atoms with van der Waals surface area (Å²) >= 11 is 0. The summed E-state index contributed by atoms with van der Waals surface area (Å²) in [6.45, 7) is 0. The third kappa shape index (κ3) is 2.65. The standard InChI is InChI=1S/C19H15N5O2/c1-23-12-20-15-16(18(25)21-13-8-4-2-5-9-13)22-24(17(15)19(23)26)14-10-6-3-7-11-14/h2-12H,1H3,(H,21,25). The van der Waals surface area contributed by atoms with Gasteiger partial charge in [0.05, 0.1) is 12.0 Å². The van der Waals surface area contributed by atoms with Crippen LogP contribution >= 0.6 is 0 Å². The molecule has 0 spiro atoms. The molecule has 7 nitrogen and oxygen atoms in total. The first-order valence-electron chi connectivity index (χ1n) is 8.01. The number of carbonyl (C=O) groups excluding carboxylic acids is 1. The highest BCUT2D eigenvalue weighted by Crippen LogP contribution is 2.19. The quantitative estimate of drug-likeness (QED) is 0.618. The lowest BCUT2D eigenvalue weighted by Gasteiger charge is -2.03. The van der Waals surface area contributed by atoms with Crippen LogP contribution < -0.4 is 10.9 Å². The van der Waals surface area contributed by atoms with E-state index in [1.54, 1.807) is 19.2 Å². The highest BCUT2D eigenvalue weighted by atomic mass is 16.2. The fraction of sp³-hybridized carbons (Fsp3) is 0.0526. The highest BCUT2D eigenvalue weighted by Gasteiger charge is 2.22. The van der Waals surface area contributed by atoms with E-state index in [2.05, 4.69) is 15.4 Å². The molecule has 1 amide bonds. The molecule has 0 unspecified atom stereocenters. The largest absolute Gasteiger partial charge is 0.321 e. The molecule has 0 atom stereocenters. The van der Waals surface area contributed by atoms with Crippen molar-refractivity contribution in [3.05, 3.63) is 83.0 Å². The minimum absolute atomic E-state index is 0.102. The van der Waals surface area contributed by atoms with Gasteiger partial charge in [0.25, 0.3) is 11.5 Å². The number of nitrogens with zero attached hydrogens (tertiary/aromatic N) is 4. The van der Waals surface area contributed by atoms with Crippen molar-refractivity contribution >= 4 is 22.6 Å². The van der Waals surface area contributed by atoms with Gasteiger partial charge in [-0.3, -0.25) is 9.59 Å². The first kappa shape index (κ1) is 15.8. The highest BCUT2D eigenvalue weighted by molar-refractivity contribution is 6.10. The number of aromatic nitrogens is 4. The van der Waals surface area contributed by atoms with E-state index in [0.717, 1.165) is 0 Å². The van der Waals surface area contributed by atoms with E-state index < -0.39 is 5.91 Å². The van der Waals surface area contributed by atoms with Crippen molar-refractivity contribution in [3.8, 4) is 5.69 Å². The topological polar surface area (TPSA) is 81.8 Å². The number of carbonyl (C=O) groups is 1. The van der Waals surface area contributed by atoms with Gasteiger partial charge in [-0.25, -0.2) is 9.67 Å². The molecule has 4 rings (SSSR count). The zero-order valence-electron chi connectivity index (χ0n) is 14.0. The number of hydrogen-bond acceptors (Lipinski definition) is 4. The minimum atomic E-state index is -0.420. The molecule has 2 heterocycles. The molecule has 0 saturated heterocycles. The average Bonchev–Trinajstić information content (AvgIpc) is 3.07. The van der Waals surface area contributed by atoms with Gasteiger partial charge < -0.3 is 9.88 Å². The van der Waals surface area contributed by atoms with Gasteiger partial charge in [-0.05, 0) is 24.3 Å². The second-order valence-corrected chi connectivity index (χ2v) is 5.77. The van der Waals surface area contributed by atoms with E-state index in [1.165, 1.54) is 15.6 Å². The Morgan fingerprint density at radius 2 is 1.65 bits per heavy atom. The number of rotatable bonds is 3. The summed E-state index contributed by atoms with van der Waals surface area (Å²) in [5.41, 5.74) is 1.69. The monoisotopic (exact) mass is 345 g/mol. The molecule has 0 aliphatic rings. The molecule has 26 heavy (non-hydrogen) atoms. The Morgan fingerprint density at radius 1 is 1.00 bits per heavy atom. The van der Waals surface area contributed by atoms with Gasteiger partial charge in [0.2, 0.25) is 0 Å². The molecular weight excluding hydrogens is 330 g/mol. The average molecular weight is 345 g/mol. The summed E-state index contributed by atoms with van der Waals surface area (Å²) in [6, 6.07) is 18.3. The summed E-state index contributed by atoms with van der Waals surface area (Å²) in [4.78, 5) is 29.6. The van der Waals surface area contributed by atoms with Crippen molar-refractivity contribution in [1.29, 1.82) is 0 Å². The molecule has 4 aromatic rings. The normalized spacial score (nSPS) is 10.8. The van der Waals surface area contributed by atoms with E-state index in [1.807, 2.05) is 48.5 Å². The molecule has 128 valence electrons. The van der Waals surface area contributed by atoms with Crippen LogP contribution in [0.1, 0.15) is 10.5 Å². The van der Waals surface area contributed by atoms with E-state index in [0.29, 0.717) is 11.4 Å². The number of benzene rings is 2. The number of aryl methyl sites for hydroxylation is 1. The van der Waals surface area contributed by atoms with Crippen molar-refractivity contribution < 1.29 is 4.79 Å². The summed E-state index contributed by atoms with van der Waals surface area (Å²) in [6.07, 6.45) is 1.39. The van der Waals surface area contributed by atoms with Crippen LogP contribution in [0.5, 0.6) is 0 Å². The Bertz CT molecular complexity index is 1150. The van der Waals surface area contributed by atoms with Crippen molar-refractivity contribution in [3.63, 3.8) is 0 Å². The lowest BCUT2D eigenvalue weighted by atomic mass is 10.3. The summed E-state index contributed by atoms with van der Waals surface area (Å²) in [7, 11) is 1.61. The second-order valence-electron chi connectivity index (χ2n) is 5.77. The van der Waals surface area contributed by atoms with Gasteiger partial charge in [-0.2, -0.15) is 5.10 Å². The van der Waals surface area contributed by atoms with Gasteiger partial charge in [-0.1, -0.05) is 36.4 Å². The fourth-order valence-corrected chi connectivity index (χ4v) is 2.71. The maximum Gasteiger partial charge on any atom is 0.279 e. The lowest BCUT2D eigenvalue weighted by molar-refractivity contribution is 0.102. The number of fused-ring (bicyclic) bond motifs is 1. The molecule has 2 aromatic carbocycles. The summed E-state index contributed by atoms with van der Waals surface area (Å²) in [5, 5.41) is 7.17.